The van der Waals surface area contributed by atoms with Crippen molar-refractivity contribution in [2.24, 2.45) is 0 Å². The average Bonchev–Trinajstić information content (AvgIpc) is 2.79. The highest BCUT2D eigenvalue weighted by atomic mass is 32.2. The summed E-state index contributed by atoms with van der Waals surface area (Å²) in [7, 11) is -3.62. The number of nitrogens with zero attached hydrogens (tertiary/aromatic N) is 4. The number of pyridine rings is 1. The fourth-order valence-corrected chi connectivity index (χ4v) is 5.88. The number of amides is 1. The van der Waals surface area contributed by atoms with Crippen LogP contribution in [0.15, 0.2) is 53.7 Å². The average molecular weight is 459 g/mol. The van der Waals surface area contributed by atoms with Crippen LogP contribution in [0.1, 0.15) is 29.8 Å². The maximum atomic E-state index is 13.0. The Morgan fingerprint density at radius 3 is 2.28 bits per heavy atom. The molecule has 0 spiro atoms. The van der Waals surface area contributed by atoms with Crippen molar-refractivity contribution in [3.05, 3.63) is 59.9 Å². The zero-order valence-electron chi connectivity index (χ0n) is 18.6. The van der Waals surface area contributed by atoms with Crippen LogP contribution in [0.25, 0.3) is 0 Å². The van der Waals surface area contributed by atoms with Gasteiger partial charge in [-0.15, -0.1) is 0 Å². The molecule has 1 aromatic carbocycles. The van der Waals surface area contributed by atoms with Crippen LogP contribution < -0.4 is 0 Å². The summed E-state index contributed by atoms with van der Waals surface area (Å²) in [5, 5.41) is 0. The van der Waals surface area contributed by atoms with E-state index in [2.05, 4.69) is 16.0 Å². The predicted molar refractivity (Wildman–Crippen MR) is 121 cm³/mol. The van der Waals surface area contributed by atoms with E-state index in [0.29, 0.717) is 31.7 Å². The van der Waals surface area contributed by atoms with Crippen molar-refractivity contribution in [2.75, 3.05) is 39.3 Å². The number of benzene rings is 1. The number of sulfonamides is 1. The predicted octanol–water partition coefficient (Wildman–Crippen LogP) is 1.84. The quantitative estimate of drug-likeness (QED) is 0.680. The number of aromatic nitrogens is 1. The van der Waals surface area contributed by atoms with E-state index < -0.39 is 10.0 Å². The number of carbonyl (C=O) groups is 1. The van der Waals surface area contributed by atoms with E-state index in [1.165, 1.54) is 16.4 Å². The van der Waals surface area contributed by atoms with Crippen LogP contribution in [-0.4, -0.2) is 84.9 Å². The summed E-state index contributed by atoms with van der Waals surface area (Å²) in [5.74, 6) is -0.0661. The zero-order chi connectivity index (χ0) is 22.7. The molecule has 32 heavy (non-hydrogen) atoms. The van der Waals surface area contributed by atoms with E-state index >= 15 is 0 Å². The first-order valence-electron chi connectivity index (χ1n) is 11.0. The minimum atomic E-state index is -3.62. The summed E-state index contributed by atoms with van der Waals surface area (Å²) in [6, 6.07) is 10.3. The maximum Gasteiger partial charge on any atom is 0.253 e. The highest BCUT2D eigenvalue weighted by Crippen LogP contribution is 2.22. The van der Waals surface area contributed by atoms with Gasteiger partial charge >= 0.3 is 0 Å². The summed E-state index contributed by atoms with van der Waals surface area (Å²) < 4.78 is 33.1. The summed E-state index contributed by atoms with van der Waals surface area (Å²) >= 11 is 0. The van der Waals surface area contributed by atoms with Crippen molar-refractivity contribution < 1.29 is 17.9 Å². The van der Waals surface area contributed by atoms with Crippen molar-refractivity contribution in [1.82, 2.24) is 19.1 Å². The standard InChI is InChI=1S/C23H30N4O4S/c1-18-15-27(16-19(2)31-18)32(29,30)22-7-5-21(6-8-22)23(28)26-12-10-25(11-13-26)17-20-4-3-9-24-14-20/h3-9,14,18-19H,10-13,15-17H2,1-2H3. The number of hydrogen-bond donors (Lipinski definition) is 0. The van der Waals surface area contributed by atoms with Gasteiger partial charge in [-0.25, -0.2) is 8.42 Å². The molecule has 1 amide bonds. The Kier molecular flexibility index (Phi) is 6.90. The molecule has 2 aliphatic rings. The molecule has 172 valence electrons. The molecule has 0 bridgehead atoms. The number of morpholine rings is 1. The molecule has 1 aromatic heterocycles. The van der Waals surface area contributed by atoms with Gasteiger partial charge in [0.2, 0.25) is 10.0 Å². The molecule has 0 saturated carbocycles. The van der Waals surface area contributed by atoms with Gasteiger partial charge in [-0.2, -0.15) is 4.31 Å². The largest absolute Gasteiger partial charge is 0.373 e. The Labute approximate surface area is 189 Å². The lowest BCUT2D eigenvalue weighted by molar-refractivity contribution is -0.0440. The topological polar surface area (TPSA) is 83.1 Å². The highest BCUT2D eigenvalue weighted by Gasteiger charge is 2.32. The third kappa shape index (κ3) is 5.17. The third-order valence-corrected chi connectivity index (χ3v) is 7.76. The lowest BCUT2D eigenvalue weighted by Crippen LogP contribution is -2.48. The van der Waals surface area contributed by atoms with Crippen LogP contribution in [0.3, 0.4) is 0 Å². The highest BCUT2D eigenvalue weighted by molar-refractivity contribution is 7.89. The Balaban J connectivity index is 1.36. The van der Waals surface area contributed by atoms with Crippen molar-refractivity contribution in [3.63, 3.8) is 0 Å². The van der Waals surface area contributed by atoms with Crippen LogP contribution in [0.2, 0.25) is 0 Å². The van der Waals surface area contributed by atoms with E-state index in [1.807, 2.05) is 31.0 Å². The Morgan fingerprint density at radius 2 is 1.69 bits per heavy atom. The fourth-order valence-electron chi connectivity index (χ4n) is 4.29. The second kappa shape index (κ2) is 9.66. The number of hydrogen-bond acceptors (Lipinski definition) is 6. The number of carbonyl (C=O) groups excluding carboxylic acids is 1. The molecule has 2 atom stereocenters. The van der Waals surface area contributed by atoms with Gasteiger partial charge in [-0.3, -0.25) is 14.7 Å². The number of piperazine rings is 1. The Hall–Kier alpha value is -2.33. The van der Waals surface area contributed by atoms with Crippen molar-refractivity contribution in [3.8, 4) is 0 Å². The minimum absolute atomic E-state index is 0.0661. The molecule has 3 heterocycles. The molecule has 0 radical (unpaired) electrons. The molecule has 2 aromatic rings. The van der Waals surface area contributed by atoms with Crippen molar-refractivity contribution >= 4 is 15.9 Å². The second-order valence-corrected chi connectivity index (χ2v) is 10.5. The monoisotopic (exact) mass is 458 g/mol. The first kappa shape index (κ1) is 22.8. The molecule has 0 N–H and O–H groups in total. The van der Waals surface area contributed by atoms with Crippen LogP contribution in [-0.2, 0) is 21.3 Å². The summed E-state index contributed by atoms with van der Waals surface area (Å²) in [6.07, 6.45) is 3.33. The SMILES string of the molecule is CC1CN(S(=O)(=O)c2ccc(C(=O)N3CCN(Cc4cccnc4)CC3)cc2)CC(C)O1. The van der Waals surface area contributed by atoms with E-state index in [-0.39, 0.29) is 23.0 Å². The first-order chi connectivity index (χ1) is 15.3. The van der Waals surface area contributed by atoms with Gasteiger partial charge in [0.25, 0.3) is 5.91 Å². The molecule has 8 nitrogen and oxygen atoms in total. The van der Waals surface area contributed by atoms with E-state index in [4.69, 9.17) is 4.74 Å². The summed E-state index contributed by atoms with van der Waals surface area (Å²) in [6.45, 7) is 8.09. The summed E-state index contributed by atoms with van der Waals surface area (Å²) in [4.78, 5) is 21.4. The van der Waals surface area contributed by atoms with Gasteiger partial charge in [0, 0.05) is 63.8 Å². The van der Waals surface area contributed by atoms with Gasteiger partial charge in [0.05, 0.1) is 17.1 Å². The molecule has 9 heteroatoms. The fraction of sp³-hybridized carbons (Fsp3) is 0.478. The van der Waals surface area contributed by atoms with Crippen molar-refractivity contribution in [1.29, 1.82) is 0 Å². The lowest BCUT2D eigenvalue weighted by atomic mass is 10.1. The lowest BCUT2D eigenvalue weighted by Gasteiger charge is -2.35. The Morgan fingerprint density at radius 1 is 1.03 bits per heavy atom. The molecular formula is C23H30N4O4S. The Bertz CT molecular complexity index is 1010. The van der Waals surface area contributed by atoms with Gasteiger partial charge in [0.15, 0.2) is 0 Å². The van der Waals surface area contributed by atoms with Crippen LogP contribution in [0, 0.1) is 0 Å². The van der Waals surface area contributed by atoms with Crippen LogP contribution in [0.5, 0.6) is 0 Å². The normalized spacial score (nSPS) is 23.2. The van der Waals surface area contributed by atoms with Gasteiger partial charge in [-0.1, -0.05) is 6.07 Å². The van der Waals surface area contributed by atoms with Crippen LogP contribution in [0.4, 0.5) is 0 Å². The van der Waals surface area contributed by atoms with Gasteiger partial charge < -0.3 is 9.64 Å². The smallest absolute Gasteiger partial charge is 0.253 e. The molecule has 2 fully saturated rings. The molecule has 2 unspecified atom stereocenters. The number of ether oxygens (including phenoxy) is 1. The van der Waals surface area contributed by atoms with E-state index in [0.717, 1.165) is 25.2 Å². The molecule has 0 aliphatic carbocycles. The second-order valence-electron chi connectivity index (χ2n) is 8.53. The minimum Gasteiger partial charge on any atom is -0.373 e. The molecule has 2 saturated heterocycles. The van der Waals surface area contributed by atoms with Gasteiger partial charge in [-0.05, 0) is 49.7 Å². The third-order valence-electron chi connectivity index (χ3n) is 5.91. The zero-order valence-corrected chi connectivity index (χ0v) is 19.4. The molecule has 4 rings (SSSR count). The van der Waals surface area contributed by atoms with E-state index in [9.17, 15) is 13.2 Å². The molecular weight excluding hydrogens is 428 g/mol. The maximum absolute atomic E-state index is 13.0. The molecule has 2 aliphatic heterocycles. The van der Waals surface area contributed by atoms with E-state index in [1.54, 1.807) is 18.3 Å². The van der Waals surface area contributed by atoms with Crippen molar-refractivity contribution in [2.45, 2.75) is 37.5 Å². The number of rotatable bonds is 5. The van der Waals surface area contributed by atoms with Crippen LogP contribution >= 0.6 is 0 Å². The first-order valence-corrected chi connectivity index (χ1v) is 12.4. The van der Waals surface area contributed by atoms with Gasteiger partial charge in [0.1, 0.15) is 0 Å². The summed E-state index contributed by atoms with van der Waals surface area (Å²) in [5.41, 5.74) is 1.67.